The highest BCUT2D eigenvalue weighted by Gasteiger charge is 2.39. The van der Waals surface area contributed by atoms with Gasteiger partial charge in [0.1, 0.15) is 11.9 Å². The third kappa shape index (κ3) is 7.36. The Kier molecular flexibility index (Phi) is 9.18. The molecule has 45 heavy (non-hydrogen) atoms. The molecule has 1 aromatic heterocycles. The van der Waals surface area contributed by atoms with Gasteiger partial charge in [-0.05, 0) is 72.4 Å². The maximum atomic E-state index is 13.7. The molecule has 0 unspecified atom stereocenters. The number of fused-ring (bicyclic) bond motifs is 5. The summed E-state index contributed by atoms with van der Waals surface area (Å²) in [6, 6.07) is 15.0. The lowest BCUT2D eigenvalue weighted by Gasteiger charge is -2.34. The van der Waals surface area contributed by atoms with E-state index in [4.69, 9.17) is 9.47 Å². The molecule has 3 aromatic rings. The molecule has 5 atom stereocenters. The molecule has 2 aromatic carbocycles. The van der Waals surface area contributed by atoms with Gasteiger partial charge in [-0.1, -0.05) is 18.2 Å². The van der Waals surface area contributed by atoms with E-state index in [1.165, 1.54) is 0 Å². The smallest absolute Gasteiger partial charge is 0.255 e. The molecule has 3 aliphatic rings. The predicted octanol–water partition coefficient (Wildman–Crippen LogP) is 2.33. The van der Waals surface area contributed by atoms with Crippen LogP contribution < -0.4 is 15.4 Å². The van der Waals surface area contributed by atoms with Crippen molar-refractivity contribution in [3.63, 3.8) is 0 Å². The van der Waals surface area contributed by atoms with Crippen molar-refractivity contribution >= 4 is 21.7 Å². The molecule has 11 nitrogen and oxygen atoms in total. The van der Waals surface area contributed by atoms with Gasteiger partial charge in [0, 0.05) is 50.7 Å². The number of pyridine rings is 1. The number of benzene rings is 2. The number of nitrogens with one attached hydrogen (secondary N) is 2. The van der Waals surface area contributed by atoms with Crippen LogP contribution in [0.25, 0.3) is 11.1 Å². The van der Waals surface area contributed by atoms with Crippen LogP contribution in [0.1, 0.15) is 41.6 Å². The number of nitrogens with zero attached hydrogens (tertiary/aromatic N) is 2. The Bertz CT molecular complexity index is 1630. The molecule has 3 aliphatic heterocycles. The second-order valence-corrected chi connectivity index (χ2v) is 14.1. The molecule has 12 heteroatoms. The average Bonchev–Trinajstić information content (AvgIpc) is 3.42. The number of hydrogen-bond acceptors (Lipinski definition) is 9. The molecule has 2 saturated heterocycles. The van der Waals surface area contributed by atoms with Crippen molar-refractivity contribution in [2.24, 2.45) is 0 Å². The van der Waals surface area contributed by atoms with Gasteiger partial charge in [0.05, 0.1) is 35.3 Å². The zero-order valence-electron chi connectivity index (χ0n) is 25.1. The Morgan fingerprint density at radius 2 is 1.78 bits per heavy atom. The molecule has 0 radical (unpaired) electrons. The predicted molar refractivity (Wildman–Crippen MR) is 166 cm³/mol. The number of carbonyl (C=O) groups excluding carboxylic acids is 2. The van der Waals surface area contributed by atoms with E-state index in [1.807, 2.05) is 29.2 Å². The number of rotatable bonds is 4. The van der Waals surface area contributed by atoms with Crippen molar-refractivity contribution in [2.75, 3.05) is 26.0 Å². The van der Waals surface area contributed by atoms with Gasteiger partial charge in [0.25, 0.3) is 5.91 Å². The monoisotopic (exact) mass is 634 g/mol. The summed E-state index contributed by atoms with van der Waals surface area (Å²) in [6.07, 6.45) is 5.35. The number of likely N-dealkylation sites (tertiary alicyclic amines) is 1. The van der Waals surface area contributed by atoms with Gasteiger partial charge in [-0.2, -0.15) is 0 Å². The van der Waals surface area contributed by atoms with Gasteiger partial charge < -0.3 is 25.2 Å². The third-order valence-electron chi connectivity index (χ3n) is 8.77. The quantitative estimate of drug-likeness (QED) is 0.394. The minimum atomic E-state index is -3.34. The van der Waals surface area contributed by atoms with E-state index in [1.54, 1.807) is 42.7 Å². The Morgan fingerprint density at radius 3 is 2.53 bits per heavy atom. The SMILES string of the molecule is CS(=O)(=O)c1ccc(CN2C[C@@H]3C[C@H]2C(=O)NC[C@H]2O[C@H](CCOc4cc(-c5ccncc5)ccc4C(=O)N3)CC[C@@H]2O)cc1. The van der Waals surface area contributed by atoms with E-state index < -0.39 is 28.1 Å². The first-order valence-corrected chi connectivity index (χ1v) is 17.2. The van der Waals surface area contributed by atoms with Gasteiger partial charge in [-0.25, -0.2) is 8.42 Å². The van der Waals surface area contributed by atoms with Crippen LogP contribution in [0.3, 0.4) is 0 Å². The summed E-state index contributed by atoms with van der Waals surface area (Å²) in [5, 5.41) is 16.7. The highest BCUT2D eigenvalue weighted by Crippen LogP contribution is 2.30. The molecule has 4 heterocycles. The standard InChI is InChI=1S/C33H38N4O7S/c1-45(41,42)26-6-2-21(3-7-26)19-37-20-24-17-28(37)33(40)35-18-31-29(38)9-5-25(44-31)12-15-43-30-16-23(22-10-13-34-14-11-22)4-8-27(30)32(39)36-24/h2-4,6-8,10-11,13-14,16,24-25,28-29,31,38H,5,9,12,15,17-20H2,1H3,(H,35,40)(H,36,39)/t24-,25-,28-,29-,31+/m0/s1. The topological polar surface area (TPSA) is 147 Å². The first-order valence-electron chi connectivity index (χ1n) is 15.3. The van der Waals surface area contributed by atoms with Crippen molar-refractivity contribution in [2.45, 2.75) is 67.5 Å². The van der Waals surface area contributed by atoms with Crippen molar-refractivity contribution in [1.29, 1.82) is 0 Å². The zero-order chi connectivity index (χ0) is 31.6. The molecule has 3 N–H and O–H groups in total. The lowest BCUT2D eigenvalue weighted by atomic mass is 9.99. The molecule has 4 bridgehead atoms. The Morgan fingerprint density at radius 1 is 1.00 bits per heavy atom. The highest BCUT2D eigenvalue weighted by atomic mass is 32.2. The van der Waals surface area contributed by atoms with E-state index in [0.717, 1.165) is 22.9 Å². The average molecular weight is 635 g/mol. The van der Waals surface area contributed by atoms with Crippen LogP contribution in [0, 0.1) is 0 Å². The summed E-state index contributed by atoms with van der Waals surface area (Å²) in [5.41, 5.74) is 3.07. The van der Waals surface area contributed by atoms with E-state index in [0.29, 0.717) is 56.7 Å². The summed E-state index contributed by atoms with van der Waals surface area (Å²) < 4.78 is 36.3. The van der Waals surface area contributed by atoms with Gasteiger partial charge in [0.15, 0.2) is 9.84 Å². The maximum Gasteiger partial charge on any atom is 0.255 e. The van der Waals surface area contributed by atoms with Crippen LogP contribution in [0.2, 0.25) is 0 Å². The van der Waals surface area contributed by atoms with Gasteiger partial charge in [-0.15, -0.1) is 0 Å². The van der Waals surface area contributed by atoms with Crippen molar-refractivity contribution < 1.29 is 32.6 Å². The number of aliphatic hydroxyl groups is 1. The fourth-order valence-corrected chi connectivity index (χ4v) is 6.94. The van der Waals surface area contributed by atoms with Crippen LogP contribution in [0.15, 0.2) is 71.9 Å². The second-order valence-electron chi connectivity index (χ2n) is 12.0. The molecule has 0 saturated carbocycles. The highest BCUT2D eigenvalue weighted by molar-refractivity contribution is 7.90. The largest absolute Gasteiger partial charge is 0.493 e. The van der Waals surface area contributed by atoms with E-state index in [2.05, 4.69) is 15.6 Å². The number of hydrogen-bond donors (Lipinski definition) is 3. The summed E-state index contributed by atoms with van der Waals surface area (Å²) in [4.78, 5) is 33.6. The summed E-state index contributed by atoms with van der Waals surface area (Å²) in [7, 11) is -3.34. The van der Waals surface area contributed by atoms with Crippen LogP contribution in [0.4, 0.5) is 0 Å². The van der Waals surface area contributed by atoms with Crippen LogP contribution in [-0.4, -0.2) is 91.6 Å². The van der Waals surface area contributed by atoms with E-state index in [-0.39, 0.29) is 35.4 Å². The Balaban J connectivity index is 1.28. The molecule has 0 aliphatic carbocycles. The van der Waals surface area contributed by atoms with E-state index in [9.17, 15) is 23.1 Å². The van der Waals surface area contributed by atoms with Crippen LogP contribution >= 0.6 is 0 Å². The summed E-state index contributed by atoms with van der Waals surface area (Å²) in [6.45, 7) is 1.28. The fourth-order valence-electron chi connectivity index (χ4n) is 6.31. The minimum absolute atomic E-state index is 0.161. The summed E-state index contributed by atoms with van der Waals surface area (Å²) >= 11 is 0. The molecular formula is C33H38N4O7S. The Labute approximate surface area is 262 Å². The third-order valence-corrected chi connectivity index (χ3v) is 9.90. The summed E-state index contributed by atoms with van der Waals surface area (Å²) in [5.74, 6) is -0.0503. The van der Waals surface area contributed by atoms with Gasteiger partial charge >= 0.3 is 0 Å². The number of aliphatic hydroxyl groups excluding tert-OH is 1. The molecular weight excluding hydrogens is 596 g/mol. The molecule has 6 rings (SSSR count). The normalized spacial score (nSPS) is 26.3. The Hall–Kier alpha value is -3.84. The van der Waals surface area contributed by atoms with Gasteiger partial charge in [0.2, 0.25) is 5.91 Å². The first kappa shape index (κ1) is 31.2. The van der Waals surface area contributed by atoms with Crippen LogP contribution in [0.5, 0.6) is 5.75 Å². The number of ether oxygens (including phenoxy) is 2. The molecule has 2 fully saturated rings. The second kappa shape index (κ2) is 13.3. The number of carbonyl (C=O) groups is 2. The van der Waals surface area contributed by atoms with Crippen molar-refractivity contribution in [1.82, 2.24) is 20.5 Å². The molecule has 2 amide bonds. The number of sulfone groups is 1. The maximum absolute atomic E-state index is 13.7. The number of aromatic nitrogens is 1. The van der Waals surface area contributed by atoms with Crippen molar-refractivity contribution in [3.8, 4) is 16.9 Å². The van der Waals surface area contributed by atoms with Gasteiger partial charge in [-0.3, -0.25) is 19.5 Å². The fraction of sp³-hybridized carbons (Fsp3) is 0.424. The van der Waals surface area contributed by atoms with Crippen LogP contribution in [-0.2, 0) is 25.9 Å². The first-order chi connectivity index (χ1) is 21.6. The van der Waals surface area contributed by atoms with E-state index >= 15 is 0 Å². The molecule has 0 spiro atoms. The minimum Gasteiger partial charge on any atom is -0.493 e. The molecule has 238 valence electrons. The van der Waals surface area contributed by atoms with Crippen molar-refractivity contribution in [3.05, 3.63) is 78.1 Å². The number of amides is 2. The zero-order valence-corrected chi connectivity index (χ0v) is 25.9. The lowest BCUT2D eigenvalue weighted by Crippen LogP contribution is -2.50. The lowest BCUT2D eigenvalue weighted by molar-refractivity contribution is -0.133.